The largest absolute Gasteiger partial charge is 0.480 e. The molecular formula is C10H17NO2. The smallest absolute Gasteiger partial charge is 0.320 e. The quantitative estimate of drug-likeness (QED) is 0.652. The predicted octanol–water partition coefficient (Wildman–Crippen LogP) is 1.53. The summed E-state index contributed by atoms with van der Waals surface area (Å²) >= 11 is 0. The number of aliphatic carboxylic acids is 1. The van der Waals surface area contributed by atoms with E-state index in [0.29, 0.717) is 12.3 Å². The number of carboxylic acid groups (broad SMARTS) is 1. The third-order valence-electron chi connectivity index (χ3n) is 2.72. The van der Waals surface area contributed by atoms with E-state index in [0.717, 1.165) is 25.7 Å². The lowest BCUT2D eigenvalue weighted by atomic mass is 9.83. The van der Waals surface area contributed by atoms with Gasteiger partial charge in [0.15, 0.2) is 0 Å². The number of carbonyl (C=O) groups is 1. The first kappa shape index (κ1) is 10.3. The molecule has 0 aliphatic heterocycles. The Balaban J connectivity index is 2.30. The van der Waals surface area contributed by atoms with Crippen LogP contribution >= 0.6 is 0 Å². The summed E-state index contributed by atoms with van der Waals surface area (Å²) in [5.74, 6) is -0.402. The van der Waals surface area contributed by atoms with Crippen LogP contribution in [0.3, 0.4) is 0 Å². The molecule has 1 saturated carbocycles. The molecule has 0 saturated heterocycles. The van der Waals surface area contributed by atoms with Gasteiger partial charge in [0.1, 0.15) is 6.04 Å². The summed E-state index contributed by atoms with van der Waals surface area (Å²) in [6, 6.07) is -0.684. The van der Waals surface area contributed by atoms with Crippen LogP contribution in [0.2, 0.25) is 0 Å². The highest BCUT2D eigenvalue weighted by Gasteiger charge is 2.21. The fourth-order valence-corrected chi connectivity index (χ4v) is 1.78. The summed E-state index contributed by atoms with van der Waals surface area (Å²) in [7, 11) is 0. The van der Waals surface area contributed by atoms with Gasteiger partial charge >= 0.3 is 5.97 Å². The minimum Gasteiger partial charge on any atom is -0.480 e. The molecule has 1 atom stereocenters. The molecular weight excluding hydrogens is 166 g/mol. The molecule has 0 bridgehead atoms. The van der Waals surface area contributed by atoms with Crippen molar-refractivity contribution < 1.29 is 9.90 Å². The molecule has 0 heterocycles. The lowest BCUT2D eigenvalue weighted by Crippen LogP contribution is -2.32. The van der Waals surface area contributed by atoms with Crippen molar-refractivity contribution in [1.29, 1.82) is 0 Å². The van der Waals surface area contributed by atoms with Gasteiger partial charge in [0.05, 0.1) is 0 Å². The minimum absolute atomic E-state index is 0.483. The SMILES string of the molecule is C=C1CCC(CC(N)C(=O)O)CC1. The topological polar surface area (TPSA) is 63.3 Å². The molecule has 1 unspecified atom stereocenters. The van der Waals surface area contributed by atoms with Gasteiger partial charge in [-0.15, -0.1) is 0 Å². The first-order valence-corrected chi connectivity index (χ1v) is 4.74. The van der Waals surface area contributed by atoms with Crippen molar-refractivity contribution in [3.8, 4) is 0 Å². The Morgan fingerprint density at radius 3 is 2.62 bits per heavy atom. The zero-order valence-electron chi connectivity index (χ0n) is 7.83. The van der Waals surface area contributed by atoms with Crippen LogP contribution in [0.4, 0.5) is 0 Å². The maximum Gasteiger partial charge on any atom is 0.320 e. The van der Waals surface area contributed by atoms with Gasteiger partial charge < -0.3 is 10.8 Å². The van der Waals surface area contributed by atoms with Crippen LogP contribution in [0.25, 0.3) is 0 Å². The van der Waals surface area contributed by atoms with E-state index < -0.39 is 12.0 Å². The Bertz CT molecular complexity index is 203. The van der Waals surface area contributed by atoms with E-state index in [-0.39, 0.29) is 0 Å². The molecule has 3 heteroatoms. The molecule has 13 heavy (non-hydrogen) atoms. The molecule has 0 amide bonds. The van der Waals surface area contributed by atoms with Gasteiger partial charge in [0, 0.05) is 0 Å². The molecule has 0 aromatic rings. The second-order valence-electron chi connectivity index (χ2n) is 3.87. The first-order valence-electron chi connectivity index (χ1n) is 4.74. The Kier molecular flexibility index (Phi) is 3.48. The first-order chi connectivity index (χ1) is 6.09. The van der Waals surface area contributed by atoms with E-state index >= 15 is 0 Å². The van der Waals surface area contributed by atoms with Gasteiger partial charge in [-0.05, 0) is 38.0 Å². The average Bonchev–Trinajstić information content (AvgIpc) is 2.08. The van der Waals surface area contributed by atoms with E-state index in [1.54, 1.807) is 0 Å². The Labute approximate surface area is 78.6 Å². The molecule has 74 valence electrons. The molecule has 3 nitrogen and oxygen atoms in total. The zero-order valence-corrected chi connectivity index (χ0v) is 7.83. The van der Waals surface area contributed by atoms with Crippen LogP contribution in [0, 0.1) is 5.92 Å². The average molecular weight is 183 g/mol. The highest BCUT2D eigenvalue weighted by atomic mass is 16.4. The Morgan fingerprint density at radius 1 is 1.62 bits per heavy atom. The summed E-state index contributed by atoms with van der Waals surface area (Å²) in [6.07, 6.45) is 4.80. The third kappa shape index (κ3) is 3.19. The second kappa shape index (κ2) is 4.42. The van der Waals surface area contributed by atoms with E-state index in [9.17, 15) is 4.79 Å². The predicted molar refractivity (Wildman–Crippen MR) is 51.3 cm³/mol. The molecule has 1 rings (SSSR count). The standard InChI is InChI=1S/C10H17NO2/c1-7-2-4-8(5-3-7)6-9(11)10(12)13/h8-9H,1-6,11H2,(H,12,13). The summed E-state index contributed by atoms with van der Waals surface area (Å²) in [4.78, 5) is 10.5. The van der Waals surface area contributed by atoms with Gasteiger partial charge in [-0.2, -0.15) is 0 Å². The molecule has 0 spiro atoms. The van der Waals surface area contributed by atoms with Crippen molar-refractivity contribution >= 4 is 5.97 Å². The highest BCUT2D eigenvalue weighted by molar-refractivity contribution is 5.73. The highest BCUT2D eigenvalue weighted by Crippen LogP contribution is 2.29. The lowest BCUT2D eigenvalue weighted by Gasteiger charge is -2.24. The number of hydrogen-bond acceptors (Lipinski definition) is 2. The molecule has 1 fully saturated rings. The molecule has 0 radical (unpaired) electrons. The third-order valence-corrected chi connectivity index (χ3v) is 2.72. The zero-order chi connectivity index (χ0) is 9.84. The van der Waals surface area contributed by atoms with Crippen LogP contribution in [0.15, 0.2) is 12.2 Å². The van der Waals surface area contributed by atoms with Crippen molar-refractivity contribution in [3.05, 3.63) is 12.2 Å². The van der Waals surface area contributed by atoms with E-state index in [1.165, 1.54) is 5.57 Å². The van der Waals surface area contributed by atoms with Crippen LogP contribution in [0.5, 0.6) is 0 Å². The summed E-state index contributed by atoms with van der Waals surface area (Å²) in [6.45, 7) is 3.92. The van der Waals surface area contributed by atoms with E-state index in [1.807, 2.05) is 0 Å². The minimum atomic E-state index is -0.885. The van der Waals surface area contributed by atoms with Gasteiger partial charge in [-0.25, -0.2) is 0 Å². The molecule has 0 aromatic heterocycles. The lowest BCUT2D eigenvalue weighted by molar-refractivity contribution is -0.139. The summed E-state index contributed by atoms with van der Waals surface area (Å²) in [5.41, 5.74) is 6.75. The van der Waals surface area contributed by atoms with Crippen molar-refractivity contribution in [1.82, 2.24) is 0 Å². The van der Waals surface area contributed by atoms with Gasteiger partial charge in [-0.3, -0.25) is 4.79 Å². The maximum atomic E-state index is 10.5. The van der Waals surface area contributed by atoms with Crippen LogP contribution < -0.4 is 5.73 Å². The fourth-order valence-electron chi connectivity index (χ4n) is 1.78. The Morgan fingerprint density at radius 2 is 2.15 bits per heavy atom. The molecule has 3 N–H and O–H groups in total. The van der Waals surface area contributed by atoms with Gasteiger partial charge in [-0.1, -0.05) is 12.2 Å². The number of rotatable bonds is 3. The fraction of sp³-hybridized carbons (Fsp3) is 0.700. The molecule has 1 aliphatic rings. The van der Waals surface area contributed by atoms with Gasteiger partial charge in [0.2, 0.25) is 0 Å². The second-order valence-corrected chi connectivity index (χ2v) is 3.87. The normalized spacial score (nSPS) is 21.5. The monoisotopic (exact) mass is 183 g/mol. The van der Waals surface area contributed by atoms with Crippen LogP contribution in [0.1, 0.15) is 32.1 Å². The maximum absolute atomic E-state index is 10.5. The number of carboxylic acids is 1. The number of allylic oxidation sites excluding steroid dienone is 1. The van der Waals surface area contributed by atoms with Crippen molar-refractivity contribution in [3.63, 3.8) is 0 Å². The van der Waals surface area contributed by atoms with E-state index in [4.69, 9.17) is 10.8 Å². The molecule has 1 aliphatic carbocycles. The van der Waals surface area contributed by atoms with Crippen molar-refractivity contribution in [2.45, 2.75) is 38.1 Å². The summed E-state index contributed by atoms with van der Waals surface area (Å²) < 4.78 is 0. The summed E-state index contributed by atoms with van der Waals surface area (Å²) in [5, 5.41) is 8.62. The van der Waals surface area contributed by atoms with Crippen molar-refractivity contribution in [2.75, 3.05) is 0 Å². The van der Waals surface area contributed by atoms with Crippen LogP contribution in [-0.4, -0.2) is 17.1 Å². The van der Waals surface area contributed by atoms with Crippen LogP contribution in [-0.2, 0) is 4.79 Å². The Hall–Kier alpha value is -0.830. The van der Waals surface area contributed by atoms with E-state index in [2.05, 4.69) is 6.58 Å². The number of hydrogen-bond donors (Lipinski definition) is 2. The van der Waals surface area contributed by atoms with Crippen molar-refractivity contribution in [2.24, 2.45) is 11.7 Å². The van der Waals surface area contributed by atoms with Gasteiger partial charge in [0.25, 0.3) is 0 Å². The number of nitrogens with two attached hydrogens (primary N) is 1. The molecule has 0 aromatic carbocycles.